The van der Waals surface area contributed by atoms with E-state index in [4.69, 9.17) is 5.73 Å². The topological polar surface area (TPSA) is 58.4 Å². The van der Waals surface area contributed by atoms with Crippen molar-refractivity contribution in [3.8, 4) is 0 Å². The maximum absolute atomic E-state index is 12.1. The number of rotatable bonds is 6. The molecule has 0 unspecified atom stereocenters. The lowest BCUT2D eigenvalue weighted by atomic mass is 9.93. The summed E-state index contributed by atoms with van der Waals surface area (Å²) in [5.41, 5.74) is 8.93. The summed E-state index contributed by atoms with van der Waals surface area (Å²) in [5.74, 6) is 0.00835. The maximum Gasteiger partial charge on any atom is 0.238 e. The Labute approximate surface area is 122 Å². The average molecular weight is 277 g/mol. The van der Waals surface area contributed by atoms with Crippen LogP contribution in [0.15, 0.2) is 18.2 Å². The standard InChI is InChI=1S/C16H27N3O/c1-12-7-6-8-14(13(12)2)18-15(20)9-19(5)11-16(3,4)10-17/h6-8H,9-11,17H2,1-5H3,(H,18,20). The van der Waals surface area contributed by atoms with Crippen molar-refractivity contribution in [1.82, 2.24) is 4.90 Å². The first kappa shape index (κ1) is 16.7. The molecule has 0 fully saturated rings. The molecule has 1 aromatic carbocycles. The molecule has 1 aromatic rings. The highest BCUT2D eigenvalue weighted by Gasteiger charge is 2.19. The second kappa shape index (κ2) is 6.86. The molecule has 0 saturated carbocycles. The summed E-state index contributed by atoms with van der Waals surface area (Å²) >= 11 is 0. The fraction of sp³-hybridized carbons (Fsp3) is 0.562. The third kappa shape index (κ3) is 4.94. The van der Waals surface area contributed by atoms with Crippen LogP contribution >= 0.6 is 0 Å². The number of hydrogen-bond donors (Lipinski definition) is 2. The second-order valence-corrected chi connectivity index (χ2v) is 6.34. The van der Waals surface area contributed by atoms with E-state index in [1.165, 1.54) is 5.56 Å². The number of nitrogens with zero attached hydrogens (tertiary/aromatic N) is 1. The third-order valence-electron chi connectivity index (χ3n) is 3.54. The molecule has 20 heavy (non-hydrogen) atoms. The minimum absolute atomic E-state index is 0.00835. The molecule has 1 rings (SSSR count). The van der Waals surface area contributed by atoms with Gasteiger partial charge in [-0.05, 0) is 50.0 Å². The van der Waals surface area contributed by atoms with Gasteiger partial charge in [0, 0.05) is 12.2 Å². The summed E-state index contributed by atoms with van der Waals surface area (Å²) in [4.78, 5) is 14.1. The number of amides is 1. The van der Waals surface area contributed by atoms with Crippen LogP contribution in [0.3, 0.4) is 0 Å². The number of nitrogens with two attached hydrogens (primary N) is 1. The van der Waals surface area contributed by atoms with Crippen LogP contribution < -0.4 is 11.1 Å². The van der Waals surface area contributed by atoms with Gasteiger partial charge < -0.3 is 11.1 Å². The lowest BCUT2D eigenvalue weighted by Gasteiger charge is -2.28. The molecule has 0 saturated heterocycles. The molecule has 0 spiro atoms. The van der Waals surface area contributed by atoms with Crippen molar-refractivity contribution >= 4 is 11.6 Å². The van der Waals surface area contributed by atoms with Crippen molar-refractivity contribution < 1.29 is 4.79 Å². The molecule has 4 heteroatoms. The molecule has 0 aliphatic rings. The Hall–Kier alpha value is -1.39. The molecule has 0 aromatic heterocycles. The Kier molecular flexibility index (Phi) is 5.72. The molecule has 0 heterocycles. The first-order valence-electron chi connectivity index (χ1n) is 7.00. The highest BCUT2D eigenvalue weighted by atomic mass is 16.2. The number of likely N-dealkylation sites (N-methyl/N-ethyl adjacent to an activating group) is 1. The predicted octanol–water partition coefficient (Wildman–Crippen LogP) is 2.16. The van der Waals surface area contributed by atoms with Crippen molar-refractivity contribution in [2.45, 2.75) is 27.7 Å². The van der Waals surface area contributed by atoms with Crippen LogP contribution in [0.5, 0.6) is 0 Å². The molecule has 0 radical (unpaired) electrons. The molecule has 4 nitrogen and oxygen atoms in total. The predicted molar refractivity (Wildman–Crippen MR) is 84.9 cm³/mol. The molecule has 0 aliphatic carbocycles. The Morgan fingerprint density at radius 1 is 1.35 bits per heavy atom. The Balaban J connectivity index is 2.58. The summed E-state index contributed by atoms with van der Waals surface area (Å²) in [7, 11) is 1.94. The lowest BCUT2D eigenvalue weighted by molar-refractivity contribution is -0.117. The number of anilines is 1. The van der Waals surface area contributed by atoms with Crippen LogP contribution in [0, 0.1) is 19.3 Å². The smallest absolute Gasteiger partial charge is 0.238 e. The molecule has 1 amide bonds. The fourth-order valence-corrected chi connectivity index (χ4v) is 2.17. The van der Waals surface area contributed by atoms with Gasteiger partial charge in [0.2, 0.25) is 5.91 Å². The number of aryl methyl sites for hydroxylation is 1. The van der Waals surface area contributed by atoms with Crippen molar-refractivity contribution in [1.29, 1.82) is 0 Å². The molecule has 0 atom stereocenters. The Morgan fingerprint density at radius 3 is 2.60 bits per heavy atom. The van der Waals surface area contributed by atoms with Crippen LogP contribution in [0.1, 0.15) is 25.0 Å². The largest absolute Gasteiger partial charge is 0.330 e. The number of nitrogens with one attached hydrogen (secondary N) is 1. The zero-order valence-electron chi connectivity index (χ0n) is 13.3. The quantitative estimate of drug-likeness (QED) is 0.837. The van der Waals surface area contributed by atoms with Crippen molar-refractivity contribution in [3.63, 3.8) is 0 Å². The van der Waals surface area contributed by atoms with Crippen molar-refractivity contribution in [2.75, 3.05) is 32.0 Å². The molecule has 0 bridgehead atoms. The van der Waals surface area contributed by atoms with Gasteiger partial charge in [-0.2, -0.15) is 0 Å². The second-order valence-electron chi connectivity index (χ2n) is 6.34. The summed E-state index contributed by atoms with van der Waals surface area (Å²) in [6.45, 7) is 10.0. The van der Waals surface area contributed by atoms with E-state index >= 15 is 0 Å². The van der Waals surface area contributed by atoms with Gasteiger partial charge in [-0.15, -0.1) is 0 Å². The zero-order valence-corrected chi connectivity index (χ0v) is 13.3. The van der Waals surface area contributed by atoms with Crippen LogP contribution in [0.25, 0.3) is 0 Å². The Bertz CT molecular complexity index is 469. The highest BCUT2D eigenvalue weighted by Crippen LogP contribution is 2.18. The van der Waals surface area contributed by atoms with Crippen molar-refractivity contribution in [3.05, 3.63) is 29.3 Å². The number of hydrogen-bond acceptors (Lipinski definition) is 3. The Morgan fingerprint density at radius 2 is 2.00 bits per heavy atom. The highest BCUT2D eigenvalue weighted by molar-refractivity contribution is 5.93. The summed E-state index contributed by atoms with van der Waals surface area (Å²) in [6.07, 6.45) is 0. The van der Waals surface area contributed by atoms with Crippen LogP contribution in [0.4, 0.5) is 5.69 Å². The molecule has 3 N–H and O–H groups in total. The molecule has 0 aliphatic heterocycles. The van der Waals surface area contributed by atoms with Gasteiger partial charge in [0.25, 0.3) is 0 Å². The van der Waals surface area contributed by atoms with E-state index in [2.05, 4.69) is 19.2 Å². The fourth-order valence-electron chi connectivity index (χ4n) is 2.17. The molecular formula is C16H27N3O. The minimum Gasteiger partial charge on any atom is -0.330 e. The van der Waals surface area contributed by atoms with Gasteiger partial charge >= 0.3 is 0 Å². The van der Waals surface area contributed by atoms with Gasteiger partial charge in [-0.25, -0.2) is 0 Å². The zero-order chi connectivity index (χ0) is 15.3. The van der Waals surface area contributed by atoms with Gasteiger partial charge in [-0.3, -0.25) is 9.69 Å². The monoisotopic (exact) mass is 277 g/mol. The lowest BCUT2D eigenvalue weighted by Crippen LogP contribution is -2.40. The van der Waals surface area contributed by atoms with Crippen LogP contribution in [-0.2, 0) is 4.79 Å². The normalized spacial score (nSPS) is 11.8. The van der Waals surface area contributed by atoms with Gasteiger partial charge in [0.1, 0.15) is 0 Å². The summed E-state index contributed by atoms with van der Waals surface area (Å²) < 4.78 is 0. The van der Waals surface area contributed by atoms with E-state index in [9.17, 15) is 4.79 Å². The van der Waals surface area contributed by atoms with E-state index in [0.717, 1.165) is 17.8 Å². The van der Waals surface area contributed by atoms with Crippen LogP contribution in [0.2, 0.25) is 0 Å². The minimum atomic E-state index is 0.00835. The van der Waals surface area contributed by atoms with Gasteiger partial charge in [0.05, 0.1) is 6.54 Å². The summed E-state index contributed by atoms with van der Waals surface area (Å²) in [6, 6.07) is 5.93. The van der Waals surface area contributed by atoms with Gasteiger partial charge in [0.15, 0.2) is 0 Å². The van der Waals surface area contributed by atoms with E-state index in [0.29, 0.717) is 13.1 Å². The van der Waals surface area contributed by atoms with E-state index in [-0.39, 0.29) is 11.3 Å². The first-order valence-corrected chi connectivity index (χ1v) is 7.00. The van der Waals surface area contributed by atoms with Gasteiger partial charge in [-0.1, -0.05) is 26.0 Å². The molecular weight excluding hydrogens is 250 g/mol. The number of carbonyl (C=O) groups excluding carboxylic acids is 1. The summed E-state index contributed by atoms with van der Waals surface area (Å²) in [5, 5.41) is 2.97. The van der Waals surface area contributed by atoms with Crippen LogP contribution in [-0.4, -0.2) is 37.5 Å². The number of benzene rings is 1. The SMILES string of the molecule is Cc1cccc(NC(=O)CN(C)CC(C)(C)CN)c1C. The third-order valence-corrected chi connectivity index (χ3v) is 3.54. The average Bonchev–Trinajstić information content (AvgIpc) is 2.34. The van der Waals surface area contributed by atoms with Crippen molar-refractivity contribution in [2.24, 2.45) is 11.1 Å². The van der Waals surface area contributed by atoms with E-state index < -0.39 is 0 Å². The maximum atomic E-state index is 12.1. The number of carbonyl (C=O) groups is 1. The van der Waals surface area contributed by atoms with E-state index in [1.54, 1.807) is 0 Å². The molecule has 112 valence electrons. The first-order chi connectivity index (χ1) is 9.25. The van der Waals surface area contributed by atoms with E-state index in [1.807, 2.05) is 44.0 Å².